The molecule has 1 N–H and O–H groups in total. The number of fused-ring (bicyclic) bond motifs is 1. The summed E-state index contributed by atoms with van der Waals surface area (Å²) >= 11 is 0. The van der Waals surface area contributed by atoms with Crippen LogP contribution in [0.5, 0.6) is 5.75 Å². The van der Waals surface area contributed by atoms with Crippen molar-refractivity contribution in [1.82, 2.24) is 0 Å². The molecular weight excluding hydrogens is 336 g/mol. The van der Waals surface area contributed by atoms with Crippen molar-refractivity contribution in [1.29, 1.82) is 0 Å². The fourth-order valence-corrected chi connectivity index (χ4v) is 1.94. The molecule has 0 aliphatic heterocycles. The van der Waals surface area contributed by atoms with Gasteiger partial charge in [0.2, 0.25) is 0 Å². The number of hydrogen-bond acceptors (Lipinski definition) is 6. The Morgan fingerprint density at radius 2 is 1.58 bits per heavy atom. The quantitative estimate of drug-likeness (QED) is 0.600. The third-order valence-electron chi connectivity index (χ3n) is 2.75. The second-order valence-corrected chi connectivity index (χ2v) is 5.41. The molecule has 0 amide bonds. The number of ketones is 1. The van der Waals surface area contributed by atoms with Crippen molar-refractivity contribution >= 4 is 17.7 Å². The van der Waals surface area contributed by atoms with E-state index in [1.54, 1.807) is 14.0 Å². The first kappa shape index (κ1) is 26.0. The Morgan fingerprint density at radius 3 is 1.96 bits per heavy atom. The second kappa shape index (κ2) is 16.3. The Bertz CT molecular complexity index is 537. The van der Waals surface area contributed by atoms with Gasteiger partial charge in [0.1, 0.15) is 5.75 Å². The molecule has 0 bridgehead atoms. The topological polar surface area (TPSA) is 89.9 Å². The first-order valence-electron chi connectivity index (χ1n) is 8.77. The molecule has 148 valence electrons. The number of rotatable bonds is 1. The van der Waals surface area contributed by atoms with Crippen molar-refractivity contribution in [2.75, 3.05) is 13.7 Å². The van der Waals surface area contributed by atoms with E-state index in [0.717, 1.165) is 29.7 Å². The van der Waals surface area contributed by atoms with Gasteiger partial charge in [0, 0.05) is 32.4 Å². The van der Waals surface area contributed by atoms with Gasteiger partial charge in [0.25, 0.3) is 0 Å². The molecule has 0 unspecified atom stereocenters. The van der Waals surface area contributed by atoms with Gasteiger partial charge in [0.05, 0.1) is 7.11 Å². The van der Waals surface area contributed by atoms with Gasteiger partial charge < -0.3 is 14.6 Å². The molecule has 1 aliphatic carbocycles. The van der Waals surface area contributed by atoms with E-state index in [9.17, 15) is 14.4 Å². The molecule has 0 saturated heterocycles. The lowest BCUT2D eigenvalue weighted by atomic mass is 9.91. The van der Waals surface area contributed by atoms with Crippen LogP contribution < -0.4 is 4.74 Å². The molecule has 6 nitrogen and oxygen atoms in total. The number of ether oxygens (including phenoxy) is 2. The van der Waals surface area contributed by atoms with Crippen molar-refractivity contribution in [3.63, 3.8) is 0 Å². The van der Waals surface area contributed by atoms with E-state index in [2.05, 4.69) is 18.6 Å². The first-order valence-corrected chi connectivity index (χ1v) is 8.77. The molecule has 0 heterocycles. The van der Waals surface area contributed by atoms with E-state index >= 15 is 0 Å². The average Bonchev–Trinajstić information content (AvgIpc) is 2.56. The third-order valence-corrected chi connectivity index (χ3v) is 2.75. The maximum absolute atomic E-state index is 11.5. The normalized spacial score (nSPS) is 11.1. The fraction of sp³-hybridized carbons (Fsp3) is 0.550. The van der Waals surface area contributed by atoms with Crippen LogP contribution in [-0.2, 0) is 20.7 Å². The second-order valence-electron chi connectivity index (χ2n) is 5.41. The zero-order valence-electron chi connectivity index (χ0n) is 16.8. The summed E-state index contributed by atoms with van der Waals surface area (Å²) in [5.41, 5.74) is 2.02. The summed E-state index contributed by atoms with van der Waals surface area (Å²) in [4.78, 5) is 31.1. The molecular formula is C20H32O6. The summed E-state index contributed by atoms with van der Waals surface area (Å²) in [5.74, 6) is -0.103. The van der Waals surface area contributed by atoms with Crippen LogP contribution in [0.25, 0.3) is 0 Å². The van der Waals surface area contributed by atoms with Crippen LogP contribution in [0.1, 0.15) is 69.8 Å². The van der Waals surface area contributed by atoms with Crippen molar-refractivity contribution in [2.24, 2.45) is 0 Å². The minimum Gasteiger partial charge on any atom is -0.497 e. The Morgan fingerprint density at radius 1 is 1.08 bits per heavy atom. The SMILES string of the molecule is CC(=O)OC(C)=O.CCC.CCO.COc1ccc2c(c1)C(=O)CCC2. The van der Waals surface area contributed by atoms with Crippen LogP contribution in [0.15, 0.2) is 18.2 Å². The highest BCUT2D eigenvalue weighted by molar-refractivity contribution is 5.98. The van der Waals surface area contributed by atoms with Crippen molar-refractivity contribution in [2.45, 2.75) is 60.3 Å². The average molecular weight is 368 g/mol. The molecule has 0 saturated carbocycles. The first-order chi connectivity index (χ1) is 12.3. The number of aryl methyl sites for hydroxylation is 1. The Kier molecular flexibility index (Phi) is 16.3. The van der Waals surface area contributed by atoms with Crippen molar-refractivity contribution in [3.05, 3.63) is 29.3 Å². The smallest absolute Gasteiger partial charge is 0.310 e. The maximum atomic E-state index is 11.5. The highest BCUT2D eigenvalue weighted by atomic mass is 16.6. The van der Waals surface area contributed by atoms with E-state index in [-0.39, 0.29) is 12.4 Å². The Balaban J connectivity index is 0. The predicted molar refractivity (Wildman–Crippen MR) is 101 cm³/mol. The third kappa shape index (κ3) is 13.1. The maximum Gasteiger partial charge on any atom is 0.310 e. The van der Waals surface area contributed by atoms with E-state index in [0.29, 0.717) is 6.42 Å². The van der Waals surface area contributed by atoms with Crippen LogP contribution in [0.2, 0.25) is 0 Å². The van der Waals surface area contributed by atoms with E-state index in [4.69, 9.17) is 9.84 Å². The van der Waals surface area contributed by atoms with Gasteiger partial charge in [-0.2, -0.15) is 0 Å². The summed E-state index contributed by atoms with van der Waals surface area (Å²) in [5, 5.41) is 7.57. The number of benzene rings is 1. The highest BCUT2D eigenvalue weighted by Gasteiger charge is 2.17. The number of hydrogen-bond donors (Lipinski definition) is 1. The molecule has 2 rings (SSSR count). The van der Waals surface area contributed by atoms with E-state index in [1.807, 2.05) is 18.2 Å². The van der Waals surface area contributed by atoms with Gasteiger partial charge in [-0.25, -0.2) is 0 Å². The van der Waals surface area contributed by atoms with Crippen molar-refractivity contribution in [3.8, 4) is 5.75 Å². The number of carbonyl (C=O) groups is 3. The zero-order valence-corrected chi connectivity index (χ0v) is 16.8. The molecule has 0 aromatic heterocycles. The van der Waals surface area contributed by atoms with Gasteiger partial charge in [-0.1, -0.05) is 26.3 Å². The van der Waals surface area contributed by atoms with Gasteiger partial charge >= 0.3 is 11.9 Å². The van der Waals surface area contributed by atoms with Crippen LogP contribution in [0.3, 0.4) is 0 Å². The standard InChI is InChI=1S/C11H12O2.C4H6O3.C3H8.C2H6O/c1-13-9-6-5-8-3-2-4-11(12)10(8)7-9;1-3(5)7-4(2)6;1-3-2;1-2-3/h5-7H,2-4H2,1H3;1-2H3;3H2,1-2H3;3H,2H2,1H3. The minimum absolute atomic E-state index is 0.250. The lowest BCUT2D eigenvalue weighted by molar-refractivity contribution is -0.156. The molecule has 26 heavy (non-hydrogen) atoms. The number of carbonyl (C=O) groups excluding carboxylic acids is 3. The van der Waals surface area contributed by atoms with Gasteiger partial charge in [-0.3, -0.25) is 14.4 Å². The fourth-order valence-electron chi connectivity index (χ4n) is 1.94. The van der Waals surface area contributed by atoms with Crippen LogP contribution in [0, 0.1) is 0 Å². The van der Waals surface area contributed by atoms with Crippen LogP contribution >= 0.6 is 0 Å². The monoisotopic (exact) mass is 368 g/mol. The number of aliphatic hydroxyl groups is 1. The Hall–Kier alpha value is -2.21. The highest BCUT2D eigenvalue weighted by Crippen LogP contribution is 2.24. The molecule has 0 atom stereocenters. The van der Waals surface area contributed by atoms with E-state index < -0.39 is 11.9 Å². The summed E-state index contributed by atoms with van der Waals surface area (Å²) in [6.07, 6.45) is 3.93. The summed E-state index contributed by atoms with van der Waals surface area (Å²) in [6.45, 7) is 8.54. The minimum atomic E-state index is -0.562. The molecule has 6 heteroatoms. The number of aliphatic hydroxyl groups excluding tert-OH is 1. The van der Waals surface area contributed by atoms with Gasteiger partial charge in [-0.05, 0) is 37.5 Å². The van der Waals surface area contributed by atoms with Crippen LogP contribution in [-0.4, -0.2) is 36.5 Å². The molecule has 0 radical (unpaired) electrons. The molecule has 0 fully saturated rings. The van der Waals surface area contributed by atoms with Gasteiger partial charge in [-0.15, -0.1) is 0 Å². The van der Waals surface area contributed by atoms with Gasteiger partial charge in [0.15, 0.2) is 5.78 Å². The largest absolute Gasteiger partial charge is 0.497 e. The summed E-state index contributed by atoms with van der Waals surface area (Å²) < 4.78 is 9.05. The zero-order chi connectivity index (χ0) is 20.5. The molecule has 1 aliphatic rings. The number of methoxy groups -OCH3 is 1. The Labute approximate surface area is 156 Å². The lowest BCUT2D eigenvalue weighted by Gasteiger charge is -2.14. The predicted octanol–water partition coefficient (Wildman–Crippen LogP) is 3.73. The lowest BCUT2D eigenvalue weighted by Crippen LogP contribution is -2.10. The number of esters is 2. The summed E-state index contributed by atoms with van der Waals surface area (Å²) in [6, 6.07) is 5.75. The van der Waals surface area contributed by atoms with Crippen LogP contribution in [0.4, 0.5) is 0 Å². The molecule has 0 spiro atoms. The molecule has 1 aromatic rings. The summed E-state index contributed by atoms with van der Waals surface area (Å²) in [7, 11) is 1.62. The van der Waals surface area contributed by atoms with Crippen molar-refractivity contribution < 1.29 is 29.0 Å². The van der Waals surface area contributed by atoms with E-state index in [1.165, 1.54) is 20.3 Å². The number of Topliss-reactive ketones (excluding diaryl/α,β-unsaturated/α-hetero) is 1. The molecule has 1 aromatic carbocycles.